The first kappa shape index (κ1) is 14.2. The highest BCUT2D eigenvalue weighted by atomic mass is 16.5. The number of aryl methyl sites for hydroxylation is 2. The molecule has 2 aromatic heterocycles. The second-order valence-corrected chi connectivity index (χ2v) is 5.10. The van der Waals surface area contributed by atoms with E-state index in [-0.39, 0.29) is 6.61 Å². The van der Waals surface area contributed by atoms with Gasteiger partial charge in [0.2, 0.25) is 5.88 Å². The summed E-state index contributed by atoms with van der Waals surface area (Å²) in [4.78, 5) is 13.1. The molecule has 1 fully saturated rings. The molecule has 1 saturated heterocycles. The molecule has 3 rings (SSSR count). The second kappa shape index (κ2) is 5.21. The maximum Gasteiger partial charge on any atom is 0.245 e. The van der Waals surface area contributed by atoms with Crippen LogP contribution in [0.2, 0.25) is 0 Å². The van der Waals surface area contributed by atoms with Crippen molar-refractivity contribution in [1.29, 1.82) is 0 Å². The van der Waals surface area contributed by atoms with Gasteiger partial charge in [0.05, 0.1) is 19.8 Å². The summed E-state index contributed by atoms with van der Waals surface area (Å²) in [5.74, 6) is 1.67. The van der Waals surface area contributed by atoms with Gasteiger partial charge in [0.25, 0.3) is 0 Å². The molecule has 0 radical (unpaired) electrons. The molecule has 0 unspecified atom stereocenters. The van der Waals surface area contributed by atoms with E-state index in [0.29, 0.717) is 35.1 Å². The van der Waals surface area contributed by atoms with Gasteiger partial charge in [0.15, 0.2) is 11.2 Å². The van der Waals surface area contributed by atoms with Crippen LogP contribution in [-0.2, 0) is 4.74 Å². The molecule has 3 atom stereocenters. The highest BCUT2D eigenvalue weighted by molar-refractivity contribution is 5.77. The number of nitrogens with zero attached hydrogens (tertiary/aromatic N) is 4. The second-order valence-electron chi connectivity index (χ2n) is 5.10. The van der Waals surface area contributed by atoms with E-state index in [9.17, 15) is 10.2 Å². The van der Waals surface area contributed by atoms with Crippen LogP contribution in [0, 0.1) is 13.8 Å². The number of rotatable bonds is 3. The summed E-state index contributed by atoms with van der Waals surface area (Å²) in [7, 11) is 1.53. The van der Waals surface area contributed by atoms with Crippen LogP contribution in [-0.4, -0.2) is 55.7 Å². The normalized spacial score (nSPS) is 25.7. The zero-order chi connectivity index (χ0) is 15.1. The number of methoxy groups -OCH3 is 1. The molecule has 0 aliphatic carbocycles. The Morgan fingerprint density at radius 2 is 2.10 bits per heavy atom. The molecule has 0 bridgehead atoms. The Balaban J connectivity index is 2.11. The number of hydrogen-bond donors (Lipinski definition) is 2. The van der Waals surface area contributed by atoms with Gasteiger partial charge in [-0.25, -0.2) is 9.97 Å². The van der Waals surface area contributed by atoms with E-state index in [1.54, 1.807) is 6.92 Å². The van der Waals surface area contributed by atoms with Crippen molar-refractivity contribution in [3.63, 3.8) is 0 Å². The van der Waals surface area contributed by atoms with Crippen LogP contribution >= 0.6 is 0 Å². The molecule has 0 saturated carbocycles. The lowest BCUT2D eigenvalue weighted by molar-refractivity contribution is -0.0438. The maximum absolute atomic E-state index is 9.90. The van der Waals surface area contributed by atoms with Crippen LogP contribution in [0.1, 0.15) is 24.3 Å². The van der Waals surface area contributed by atoms with Gasteiger partial charge < -0.3 is 19.7 Å². The Bertz CT molecular complexity index is 672. The number of aliphatic hydroxyl groups is 2. The predicted octanol–water partition coefficient (Wildman–Crippen LogP) is 0.0924. The Morgan fingerprint density at radius 1 is 1.33 bits per heavy atom. The van der Waals surface area contributed by atoms with Crippen LogP contribution < -0.4 is 4.74 Å². The van der Waals surface area contributed by atoms with Crippen LogP contribution in [0.5, 0.6) is 5.88 Å². The van der Waals surface area contributed by atoms with Crippen molar-refractivity contribution in [2.75, 3.05) is 13.7 Å². The third kappa shape index (κ3) is 2.25. The van der Waals surface area contributed by atoms with Gasteiger partial charge in [-0.05, 0) is 13.8 Å². The lowest BCUT2D eigenvalue weighted by Crippen LogP contribution is -2.24. The molecule has 3 heterocycles. The van der Waals surface area contributed by atoms with Gasteiger partial charge in [0, 0.05) is 6.42 Å². The van der Waals surface area contributed by atoms with E-state index in [4.69, 9.17) is 9.47 Å². The summed E-state index contributed by atoms with van der Waals surface area (Å²) in [6.45, 7) is 3.38. The standard InChI is InChI=1S/C13H18N4O4/c1-6-14-12-11(13(15-6)20-3)16-7(2)17(12)10-4-8(19)9(5-18)21-10/h8-10,18-19H,4-5H2,1-3H3/t8-,9+,10+/m0/s1. The average Bonchev–Trinajstić information content (AvgIpc) is 2.97. The van der Waals surface area contributed by atoms with Crippen LogP contribution in [0.4, 0.5) is 0 Å². The van der Waals surface area contributed by atoms with Crippen LogP contribution in [0.25, 0.3) is 11.2 Å². The number of aromatic nitrogens is 4. The summed E-state index contributed by atoms with van der Waals surface area (Å²) in [6, 6.07) is 0. The zero-order valence-corrected chi connectivity index (χ0v) is 12.1. The average molecular weight is 294 g/mol. The smallest absolute Gasteiger partial charge is 0.245 e. The van der Waals surface area contributed by atoms with Gasteiger partial charge in [-0.3, -0.25) is 4.57 Å². The fraction of sp³-hybridized carbons (Fsp3) is 0.615. The minimum Gasteiger partial charge on any atom is -0.479 e. The molecule has 2 aromatic rings. The lowest BCUT2D eigenvalue weighted by Gasteiger charge is -2.15. The van der Waals surface area contributed by atoms with E-state index >= 15 is 0 Å². The largest absolute Gasteiger partial charge is 0.479 e. The molecule has 21 heavy (non-hydrogen) atoms. The molecular formula is C13H18N4O4. The molecule has 0 amide bonds. The van der Waals surface area contributed by atoms with E-state index in [2.05, 4.69) is 15.0 Å². The van der Waals surface area contributed by atoms with E-state index in [0.717, 1.165) is 0 Å². The van der Waals surface area contributed by atoms with Crippen LogP contribution in [0.3, 0.4) is 0 Å². The quantitative estimate of drug-likeness (QED) is 0.827. The summed E-state index contributed by atoms with van der Waals surface area (Å²) in [5.41, 5.74) is 1.17. The number of ether oxygens (including phenoxy) is 2. The van der Waals surface area contributed by atoms with Crippen molar-refractivity contribution in [3.8, 4) is 5.88 Å². The highest BCUT2D eigenvalue weighted by Crippen LogP contribution is 2.33. The first-order valence-electron chi connectivity index (χ1n) is 6.76. The first-order valence-corrected chi connectivity index (χ1v) is 6.76. The summed E-state index contributed by atoms with van der Waals surface area (Å²) >= 11 is 0. The molecule has 8 heteroatoms. The first-order chi connectivity index (χ1) is 10.0. The lowest BCUT2D eigenvalue weighted by atomic mass is 10.2. The molecule has 2 N–H and O–H groups in total. The fourth-order valence-corrected chi connectivity index (χ4v) is 2.69. The SMILES string of the molecule is COc1nc(C)nc2c1nc(C)n2[C@H]1C[C@H](O)[C@@H](CO)O1. The van der Waals surface area contributed by atoms with Crippen molar-refractivity contribution >= 4 is 11.2 Å². The number of aliphatic hydroxyl groups excluding tert-OH is 2. The van der Waals surface area contributed by atoms with Crippen molar-refractivity contribution in [3.05, 3.63) is 11.6 Å². The minimum atomic E-state index is -0.707. The Kier molecular flexibility index (Phi) is 3.52. The van der Waals surface area contributed by atoms with Gasteiger partial charge in [-0.1, -0.05) is 0 Å². The Morgan fingerprint density at radius 3 is 2.71 bits per heavy atom. The minimum absolute atomic E-state index is 0.222. The molecule has 114 valence electrons. The molecular weight excluding hydrogens is 276 g/mol. The molecule has 8 nitrogen and oxygen atoms in total. The Hall–Kier alpha value is -1.77. The summed E-state index contributed by atoms with van der Waals surface area (Å²) in [6.07, 6.45) is -1.33. The van der Waals surface area contributed by atoms with Gasteiger partial charge in [-0.15, -0.1) is 0 Å². The van der Waals surface area contributed by atoms with Crippen LogP contribution in [0.15, 0.2) is 0 Å². The number of hydrogen-bond acceptors (Lipinski definition) is 7. The number of imidazole rings is 1. The zero-order valence-electron chi connectivity index (χ0n) is 12.1. The van der Waals surface area contributed by atoms with Gasteiger partial charge in [-0.2, -0.15) is 4.98 Å². The van der Waals surface area contributed by atoms with E-state index in [1.807, 2.05) is 11.5 Å². The van der Waals surface area contributed by atoms with Crippen molar-refractivity contribution < 1.29 is 19.7 Å². The topological polar surface area (TPSA) is 103 Å². The monoisotopic (exact) mass is 294 g/mol. The maximum atomic E-state index is 9.90. The summed E-state index contributed by atoms with van der Waals surface area (Å²) in [5, 5.41) is 19.1. The van der Waals surface area contributed by atoms with Gasteiger partial charge >= 0.3 is 0 Å². The molecule has 1 aliphatic rings. The predicted molar refractivity (Wildman–Crippen MR) is 73.0 cm³/mol. The van der Waals surface area contributed by atoms with Crippen molar-refractivity contribution in [2.24, 2.45) is 0 Å². The molecule has 0 aromatic carbocycles. The van der Waals surface area contributed by atoms with Crippen molar-refractivity contribution in [2.45, 2.75) is 38.7 Å². The third-order valence-corrected chi connectivity index (χ3v) is 3.66. The van der Waals surface area contributed by atoms with E-state index < -0.39 is 18.4 Å². The van der Waals surface area contributed by atoms with Gasteiger partial charge in [0.1, 0.15) is 24.0 Å². The Labute approximate surface area is 121 Å². The third-order valence-electron chi connectivity index (χ3n) is 3.66. The molecule has 0 spiro atoms. The van der Waals surface area contributed by atoms with Crippen molar-refractivity contribution in [1.82, 2.24) is 19.5 Å². The summed E-state index contributed by atoms with van der Waals surface area (Å²) < 4.78 is 12.7. The van der Waals surface area contributed by atoms with E-state index in [1.165, 1.54) is 7.11 Å². The highest BCUT2D eigenvalue weighted by Gasteiger charge is 2.36. The molecule has 1 aliphatic heterocycles. The number of fused-ring (bicyclic) bond motifs is 1. The fourth-order valence-electron chi connectivity index (χ4n) is 2.69.